The van der Waals surface area contributed by atoms with Gasteiger partial charge < -0.3 is 19.4 Å². The quantitative estimate of drug-likeness (QED) is 0.310. The number of hydrogen-bond acceptors (Lipinski definition) is 7. The molecule has 0 saturated heterocycles. The molecule has 0 atom stereocenters. The van der Waals surface area contributed by atoms with Crippen LogP contribution in [-0.4, -0.2) is 50.7 Å². The molecular weight excluding hydrogens is 484 g/mol. The molecule has 10 nitrogen and oxygen atoms in total. The van der Waals surface area contributed by atoms with Crippen molar-refractivity contribution in [2.45, 2.75) is 19.7 Å². The van der Waals surface area contributed by atoms with E-state index in [-0.39, 0.29) is 37.1 Å². The van der Waals surface area contributed by atoms with Gasteiger partial charge in [0.2, 0.25) is 5.88 Å². The van der Waals surface area contributed by atoms with Crippen LogP contribution >= 0.6 is 11.6 Å². The van der Waals surface area contributed by atoms with Crippen molar-refractivity contribution in [1.29, 1.82) is 0 Å². The van der Waals surface area contributed by atoms with Crippen molar-refractivity contribution in [3.05, 3.63) is 105 Å². The van der Waals surface area contributed by atoms with E-state index in [1.807, 2.05) is 30.3 Å². The van der Waals surface area contributed by atoms with E-state index in [1.54, 1.807) is 47.0 Å². The van der Waals surface area contributed by atoms with Crippen LogP contribution in [0.4, 0.5) is 0 Å². The molecule has 0 aliphatic rings. The van der Waals surface area contributed by atoms with E-state index in [4.69, 9.17) is 21.1 Å². The number of ether oxygens (including phenoxy) is 2. The maximum Gasteiger partial charge on any atom is 0.254 e. The van der Waals surface area contributed by atoms with Crippen molar-refractivity contribution < 1.29 is 14.3 Å². The summed E-state index contributed by atoms with van der Waals surface area (Å²) in [6.45, 7) is 1.64. The van der Waals surface area contributed by atoms with Gasteiger partial charge in [0.15, 0.2) is 0 Å². The van der Waals surface area contributed by atoms with Crippen LogP contribution in [0.15, 0.2) is 71.9 Å². The molecule has 0 spiro atoms. The molecule has 0 fully saturated rings. The molecule has 3 heterocycles. The first kappa shape index (κ1) is 25.1. The number of nitrogens with one attached hydrogen (secondary N) is 1. The molecule has 3 aromatic heterocycles. The highest BCUT2D eigenvalue weighted by Crippen LogP contribution is 2.13. The van der Waals surface area contributed by atoms with E-state index >= 15 is 0 Å². The average molecular weight is 509 g/mol. The smallest absolute Gasteiger partial charge is 0.254 e. The first-order valence-electron chi connectivity index (χ1n) is 11.2. The molecule has 0 radical (unpaired) electrons. The highest BCUT2D eigenvalue weighted by atomic mass is 35.5. The van der Waals surface area contributed by atoms with E-state index < -0.39 is 0 Å². The second-order valence-electron chi connectivity index (χ2n) is 7.92. The lowest BCUT2D eigenvalue weighted by atomic mass is 10.1. The van der Waals surface area contributed by atoms with Crippen LogP contribution in [0, 0.1) is 0 Å². The number of methoxy groups -OCH3 is 1. The van der Waals surface area contributed by atoms with Gasteiger partial charge in [0, 0.05) is 31.6 Å². The van der Waals surface area contributed by atoms with Crippen molar-refractivity contribution in [2.75, 3.05) is 20.3 Å². The van der Waals surface area contributed by atoms with Gasteiger partial charge in [-0.3, -0.25) is 14.3 Å². The molecule has 1 amide bonds. The predicted octanol–water partition coefficient (Wildman–Crippen LogP) is 2.54. The Balaban J connectivity index is 1.35. The Morgan fingerprint density at radius 3 is 2.61 bits per heavy atom. The number of carbonyl (C=O) groups is 1. The second-order valence-corrected chi connectivity index (χ2v) is 8.36. The molecule has 11 heteroatoms. The number of pyridine rings is 1. The number of rotatable bonds is 11. The van der Waals surface area contributed by atoms with Crippen molar-refractivity contribution in [3.8, 4) is 5.88 Å². The van der Waals surface area contributed by atoms with E-state index in [1.165, 1.54) is 6.20 Å². The summed E-state index contributed by atoms with van der Waals surface area (Å²) in [4.78, 5) is 24.7. The fourth-order valence-electron chi connectivity index (χ4n) is 3.51. The van der Waals surface area contributed by atoms with Crippen LogP contribution < -0.4 is 15.6 Å². The maximum atomic E-state index is 12.8. The zero-order chi connectivity index (χ0) is 25.3. The highest BCUT2D eigenvalue weighted by Gasteiger charge is 2.16. The van der Waals surface area contributed by atoms with Crippen LogP contribution in [0.5, 0.6) is 5.88 Å². The summed E-state index contributed by atoms with van der Waals surface area (Å²) in [5.74, 6) is 0.00391. The zero-order valence-electron chi connectivity index (χ0n) is 19.6. The second kappa shape index (κ2) is 12.1. The molecule has 0 bridgehead atoms. The summed E-state index contributed by atoms with van der Waals surface area (Å²) in [5.41, 5.74) is 2.95. The molecule has 0 unspecified atom stereocenters. The zero-order valence-corrected chi connectivity index (χ0v) is 20.4. The summed E-state index contributed by atoms with van der Waals surface area (Å²) in [7, 11) is 1.55. The number of nitrogens with zero attached hydrogens (tertiary/aromatic N) is 5. The predicted molar refractivity (Wildman–Crippen MR) is 133 cm³/mol. The van der Waals surface area contributed by atoms with Gasteiger partial charge in [0.25, 0.3) is 11.5 Å². The monoisotopic (exact) mass is 508 g/mol. The van der Waals surface area contributed by atoms with Crippen molar-refractivity contribution in [3.63, 3.8) is 0 Å². The fourth-order valence-corrected chi connectivity index (χ4v) is 3.65. The van der Waals surface area contributed by atoms with Gasteiger partial charge in [-0.1, -0.05) is 41.9 Å². The molecule has 0 aliphatic heterocycles. The minimum atomic E-state index is -0.280. The molecule has 0 aliphatic carbocycles. The van der Waals surface area contributed by atoms with Crippen molar-refractivity contribution in [1.82, 2.24) is 29.9 Å². The Hall–Kier alpha value is -4.02. The Bertz CT molecular complexity index is 1370. The number of halogens is 1. The van der Waals surface area contributed by atoms with Gasteiger partial charge in [-0.05, 0) is 17.2 Å². The van der Waals surface area contributed by atoms with Crippen molar-refractivity contribution in [2.24, 2.45) is 0 Å². The lowest BCUT2D eigenvalue weighted by molar-refractivity contribution is 0.0941. The summed E-state index contributed by atoms with van der Waals surface area (Å²) in [5, 5.41) is 15.3. The van der Waals surface area contributed by atoms with Gasteiger partial charge in [0.1, 0.15) is 12.3 Å². The standard InChI is InChI=1S/C25H25ClN6O4/c1-35-17-22-21(25(34)27-9-11-36-23-12-20(26)13-28-29-23)16-32(30-22)15-19-7-5-18(6-8-19)14-31-10-3-2-4-24(31)33/h2-8,10,12-13,16H,9,11,14-15,17H2,1H3,(H,27,34). The molecular formula is C25H25ClN6O4. The Morgan fingerprint density at radius 2 is 1.89 bits per heavy atom. The maximum absolute atomic E-state index is 12.8. The van der Waals surface area contributed by atoms with Crippen molar-refractivity contribution >= 4 is 17.5 Å². The number of aromatic nitrogens is 5. The number of amides is 1. The first-order valence-corrected chi connectivity index (χ1v) is 11.6. The van der Waals surface area contributed by atoms with Gasteiger partial charge in [0.05, 0.1) is 43.0 Å². The van der Waals surface area contributed by atoms with Crippen LogP contribution in [0.25, 0.3) is 0 Å². The van der Waals surface area contributed by atoms with Gasteiger partial charge in [-0.15, -0.1) is 5.10 Å². The Labute approximate surface area is 212 Å². The largest absolute Gasteiger partial charge is 0.475 e. The van der Waals surface area contributed by atoms with Gasteiger partial charge in [-0.25, -0.2) is 0 Å². The molecule has 1 N–H and O–H groups in total. The van der Waals surface area contributed by atoms with E-state index in [9.17, 15) is 9.59 Å². The third-order valence-corrected chi connectivity index (χ3v) is 5.43. The summed E-state index contributed by atoms with van der Waals surface area (Å²) in [6, 6.07) is 14.6. The SMILES string of the molecule is COCc1nn(Cc2ccc(Cn3ccccc3=O)cc2)cc1C(=O)NCCOc1cc(Cl)cnn1. The summed E-state index contributed by atoms with van der Waals surface area (Å²) < 4.78 is 14.0. The number of hydrogen-bond donors (Lipinski definition) is 1. The van der Waals surface area contributed by atoms with E-state index in [0.717, 1.165) is 11.1 Å². The van der Waals surface area contributed by atoms with Crippen LogP contribution in [0.2, 0.25) is 5.02 Å². The molecule has 1 aromatic carbocycles. The summed E-state index contributed by atoms with van der Waals surface area (Å²) >= 11 is 5.86. The third-order valence-electron chi connectivity index (χ3n) is 5.22. The van der Waals surface area contributed by atoms with Crippen LogP contribution in [0.1, 0.15) is 27.2 Å². The lowest BCUT2D eigenvalue weighted by Gasteiger charge is -2.07. The Morgan fingerprint density at radius 1 is 1.11 bits per heavy atom. The molecule has 186 valence electrons. The van der Waals surface area contributed by atoms with E-state index in [2.05, 4.69) is 20.6 Å². The normalized spacial score (nSPS) is 10.8. The fraction of sp³-hybridized carbons (Fsp3) is 0.240. The van der Waals surface area contributed by atoms with E-state index in [0.29, 0.717) is 29.4 Å². The average Bonchev–Trinajstić information content (AvgIpc) is 3.27. The molecule has 4 aromatic rings. The number of carbonyl (C=O) groups excluding carboxylic acids is 1. The lowest BCUT2D eigenvalue weighted by Crippen LogP contribution is -2.28. The van der Waals surface area contributed by atoms with Crippen LogP contribution in [0.3, 0.4) is 0 Å². The topological polar surface area (TPSA) is 113 Å². The summed E-state index contributed by atoms with van der Waals surface area (Å²) in [6.07, 6.45) is 4.87. The minimum Gasteiger partial charge on any atom is -0.475 e. The highest BCUT2D eigenvalue weighted by molar-refractivity contribution is 6.30. The molecule has 36 heavy (non-hydrogen) atoms. The number of benzene rings is 1. The van der Waals surface area contributed by atoms with Gasteiger partial charge >= 0.3 is 0 Å². The third kappa shape index (κ3) is 6.77. The molecule has 0 saturated carbocycles. The van der Waals surface area contributed by atoms with Crippen LogP contribution in [-0.2, 0) is 24.4 Å². The Kier molecular flexibility index (Phi) is 8.43. The van der Waals surface area contributed by atoms with Gasteiger partial charge in [-0.2, -0.15) is 10.2 Å². The minimum absolute atomic E-state index is 0.0423. The molecule has 4 rings (SSSR count). The first-order chi connectivity index (χ1) is 17.5.